The summed E-state index contributed by atoms with van der Waals surface area (Å²) in [6.45, 7) is 0. The molecule has 2 aromatic heterocycles. The number of carbonyl (C=O) groups excluding carboxylic acids is 1. The van der Waals surface area contributed by atoms with Crippen LogP contribution in [0.4, 0.5) is 5.13 Å². The summed E-state index contributed by atoms with van der Waals surface area (Å²) in [5.74, 6) is 0.957. The third kappa shape index (κ3) is 2.32. The van der Waals surface area contributed by atoms with Gasteiger partial charge in [0.2, 0.25) is 5.91 Å². The molecule has 1 amide bonds. The van der Waals surface area contributed by atoms with Crippen molar-refractivity contribution in [2.75, 3.05) is 5.32 Å². The molecule has 2 aromatic rings. The van der Waals surface area contributed by atoms with Gasteiger partial charge in [0.05, 0.1) is 11.6 Å². The zero-order chi connectivity index (χ0) is 15.1. The molecule has 0 aliphatic heterocycles. The Morgan fingerprint density at radius 3 is 2.86 bits per heavy atom. The number of hydrogen-bond donors (Lipinski definition) is 2. The SMILES string of the molecule is NC1C2CCC(C2)C1C(=O)Nc1nc(-c2ccccn2)cs1. The van der Waals surface area contributed by atoms with Crippen molar-refractivity contribution in [1.29, 1.82) is 0 Å². The molecule has 4 unspecified atom stereocenters. The van der Waals surface area contributed by atoms with E-state index in [4.69, 9.17) is 5.73 Å². The van der Waals surface area contributed by atoms with Gasteiger partial charge in [-0.1, -0.05) is 6.07 Å². The fourth-order valence-corrected chi connectivity index (χ4v) is 4.58. The van der Waals surface area contributed by atoms with Crippen LogP contribution >= 0.6 is 11.3 Å². The van der Waals surface area contributed by atoms with E-state index in [1.807, 2.05) is 23.6 Å². The zero-order valence-electron chi connectivity index (χ0n) is 12.1. The molecule has 0 spiro atoms. The maximum absolute atomic E-state index is 12.5. The fraction of sp³-hybridized carbons (Fsp3) is 0.438. The Labute approximate surface area is 133 Å². The van der Waals surface area contributed by atoms with Crippen molar-refractivity contribution in [2.24, 2.45) is 23.5 Å². The minimum Gasteiger partial charge on any atom is -0.327 e. The number of carbonyl (C=O) groups is 1. The molecule has 4 atom stereocenters. The minimum atomic E-state index is -0.0547. The van der Waals surface area contributed by atoms with Crippen LogP contribution in [-0.4, -0.2) is 21.9 Å². The van der Waals surface area contributed by atoms with Gasteiger partial charge >= 0.3 is 0 Å². The summed E-state index contributed by atoms with van der Waals surface area (Å²) in [7, 11) is 0. The van der Waals surface area contributed by atoms with Crippen LogP contribution in [-0.2, 0) is 4.79 Å². The van der Waals surface area contributed by atoms with Crippen LogP contribution in [0, 0.1) is 17.8 Å². The Morgan fingerprint density at radius 1 is 1.27 bits per heavy atom. The number of nitrogens with two attached hydrogens (primary N) is 1. The summed E-state index contributed by atoms with van der Waals surface area (Å²) in [4.78, 5) is 21.3. The van der Waals surface area contributed by atoms with Crippen LogP contribution in [0.5, 0.6) is 0 Å². The van der Waals surface area contributed by atoms with Crippen LogP contribution in [0.1, 0.15) is 19.3 Å². The van der Waals surface area contributed by atoms with E-state index in [2.05, 4.69) is 15.3 Å². The van der Waals surface area contributed by atoms with Crippen molar-refractivity contribution >= 4 is 22.4 Å². The lowest BCUT2D eigenvalue weighted by Crippen LogP contribution is -2.42. The van der Waals surface area contributed by atoms with Gasteiger partial charge in [0.25, 0.3) is 0 Å². The van der Waals surface area contributed by atoms with Gasteiger partial charge < -0.3 is 11.1 Å². The molecule has 2 aliphatic rings. The lowest BCUT2D eigenvalue weighted by molar-refractivity contribution is -0.121. The average Bonchev–Trinajstić information content (AvgIpc) is 3.23. The summed E-state index contributed by atoms with van der Waals surface area (Å²) < 4.78 is 0. The van der Waals surface area contributed by atoms with Crippen LogP contribution < -0.4 is 11.1 Å². The second-order valence-corrected chi connectivity index (χ2v) is 7.04. The van der Waals surface area contributed by atoms with Crippen molar-refractivity contribution < 1.29 is 4.79 Å². The molecule has 2 heterocycles. The second-order valence-electron chi connectivity index (χ2n) is 6.18. The Morgan fingerprint density at radius 2 is 2.14 bits per heavy atom. The normalized spacial score (nSPS) is 29.7. The van der Waals surface area contributed by atoms with Crippen molar-refractivity contribution in [3.05, 3.63) is 29.8 Å². The van der Waals surface area contributed by atoms with E-state index in [1.165, 1.54) is 17.8 Å². The zero-order valence-corrected chi connectivity index (χ0v) is 12.9. The predicted molar refractivity (Wildman–Crippen MR) is 86.3 cm³/mol. The molecule has 0 aromatic carbocycles. The van der Waals surface area contributed by atoms with E-state index >= 15 is 0 Å². The van der Waals surface area contributed by atoms with Crippen molar-refractivity contribution in [3.8, 4) is 11.4 Å². The number of nitrogens with one attached hydrogen (secondary N) is 1. The third-order valence-corrected chi connectivity index (χ3v) is 5.70. The molecule has 0 saturated heterocycles. The van der Waals surface area contributed by atoms with Gasteiger partial charge in [-0.15, -0.1) is 11.3 Å². The lowest BCUT2D eigenvalue weighted by atomic mass is 9.84. The number of thiazole rings is 1. The Balaban J connectivity index is 1.48. The van der Waals surface area contributed by atoms with Crippen molar-refractivity contribution in [3.63, 3.8) is 0 Å². The van der Waals surface area contributed by atoms with Gasteiger partial charge in [-0.2, -0.15) is 0 Å². The molecule has 2 fully saturated rings. The maximum atomic E-state index is 12.5. The Hall–Kier alpha value is -1.79. The number of pyridine rings is 1. The van der Waals surface area contributed by atoms with Crippen LogP contribution in [0.15, 0.2) is 29.8 Å². The van der Waals surface area contributed by atoms with Crippen LogP contribution in [0.3, 0.4) is 0 Å². The average molecular weight is 314 g/mol. The van der Waals surface area contributed by atoms with Crippen LogP contribution in [0.25, 0.3) is 11.4 Å². The molecule has 5 nitrogen and oxygen atoms in total. The Bertz CT molecular complexity index is 684. The highest BCUT2D eigenvalue weighted by molar-refractivity contribution is 7.14. The Kier molecular flexibility index (Phi) is 3.43. The minimum absolute atomic E-state index is 0.00831. The van der Waals surface area contributed by atoms with Gasteiger partial charge in [-0.25, -0.2) is 4.98 Å². The molecule has 6 heteroatoms. The molecule has 0 radical (unpaired) electrons. The number of nitrogens with zero attached hydrogens (tertiary/aromatic N) is 2. The molecular weight excluding hydrogens is 296 g/mol. The highest BCUT2D eigenvalue weighted by atomic mass is 32.1. The van der Waals surface area contributed by atoms with Gasteiger partial charge in [0, 0.05) is 17.6 Å². The first-order valence-electron chi connectivity index (χ1n) is 7.66. The number of hydrogen-bond acceptors (Lipinski definition) is 5. The monoisotopic (exact) mass is 314 g/mol. The van der Waals surface area contributed by atoms with E-state index in [9.17, 15) is 4.79 Å². The number of rotatable bonds is 3. The first-order valence-corrected chi connectivity index (χ1v) is 8.53. The van der Waals surface area contributed by atoms with E-state index in [0.717, 1.165) is 24.2 Å². The molecule has 3 N–H and O–H groups in total. The molecule has 22 heavy (non-hydrogen) atoms. The highest BCUT2D eigenvalue weighted by Gasteiger charge is 2.49. The van der Waals surface area contributed by atoms with E-state index in [-0.39, 0.29) is 17.9 Å². The first-order chi connectivity index (χ1) is 10.7. The highest BCUT2D eigenvalue weighted by Crippen LogP contribution is 2.48. The third-order valence-electron chi connectivity index (χ3n) is 4.95. The number of amides is 1. The van der Waals surface area contributed by atoms with E-state index < -0.39 is 0 Å². The van der Waals surface area contributed by atoms with Crippen LogP contribution in [0.2, 0.25) is 0 Å². The van der Waals surface area contributed by atoms with Crippen molar-refractivity contribution in [1.82, 2.24) is 9.97 Å². The van der Waals surface area contributed by atoms with Gasteiger partial charge in [0.1, 0.15) is 5.69 Å². The molecule has 2 saturated carbocycles. The first kappa shape index (κ1) is 13.8. The fourth-order valence-electron chi connectivity index (χ4n) is 3.88. The van der Waals surface area contributed by atoms with Gasteiger partial charge in [-0.3, -0.25) is 9.78 Å². The smallest absolute Gasteiger partial charge is 0.231 e. The van der Waals surface area contributed by atoms with E-state index in [1.54, 1.807) is 6.20 Å². The summed E-state index contributed by atoms with van der Waals surface area (Å²) in [5.41, 5.74) is 7.83. The lowest BCUT2D eigenvalue weighted by Gasteiger charge is -2.26. The summed E-state index contributed by atoms with van der Waals surface area (Å²) in [6, 6.07) is 5.71. The second kappa shape index (κ2) is 5.44. The molecule has 4 rings (SSSR count). The molecule has 2 bridgehead atoms. The standard InChI is InChI=1S/C16H18N4OS/c17-14-10-5-4-9(7-10)13(14)15(21)20-16-19-12(8-22-16)11-3-1-2-6-18-11/h1-3,6,8-10,13-14H,4-5,7,17H2,(H,19,20,21). The maximum Gasteiger partial charge on any atom is 0.231 e. The number of anilines is 1. The largest absolute Gasteiger partial charge is 0.327 e. The topological polar surface area (TPSA) is 80.9 Å². The van der Waals surface area contributed by atoms with E-state index in [0.29, 0.717) is 17.0 Å². The number of fused-ring (bicyclic) bond motifs is 2. The quantitative estimate of drug-likeness (QED) is 0.912. The summed E-state index contributed by atoms with van der Waals surface area (Å²) >= 11 is 1.43. The van der Waals surface area contributed by atoms with Gasteiger partial charge in [0.15, 0.2) is 5.13 Å². The number of aromatic nitrogens is 2. The summed E-state index contributed by atoms with van der Waals surface area (Å²) in [5, 5.41) is 5.49. The predicted octanol–water partition coefficient (Wildman–Crippen LogP) is 2.52. The molecular formula is C16H18N4OS. The molecule has 114 valence electrons. The summed E-state index contributed by atoms with van der Waals surface area (Å²) in [6.07, 6.45) is 5.15. The van der Waals surface area contributed by atoms with Crippen molar-refractivity contribution in [2.45, 2.75) is 25.3 Å². The molecule has 2 aliphatic carbocycles. The van der Waals surface area contributed by atoms with Gasteiger partial charge in [-0.05, 0) is 43.2 Å².